The second kappa shape index (κ2) is 5.48. The van der Waals surface area contributed by atoms with Gasteiger partial charge in [-0.05, 0) is 31.0 Å². The van der Waals surface area contributed by atoms with E-state index in [1.165, 1.54) is 0 Å². The van der Waals surface area contributed by atoms with Crippen LogP contribution in [0.2, 0.25) is 5.02 Å². The molecule has 0 aromatic heterocycles. The van der Waals surface area contributed by atoms with Crippen LogP contribution in [0.3, 0.4) is 0 Å². The number of carbonyl (C=O) groups excluding carboxylic acids is 1. The van der Waals surface area contributed by atoms with Gasteiger partial charge < -0.3 is 16.0 Å². The molecule has 2 rings (SSSR count). The Hall–Kier alpha value is -1.42. The van der Waals surface area contributed by atoms with E-state index in [1.54, 1.807) is 13.0 Å². The number of nitrogens with two attached hydrogens (primary N) is 1. The molecule has 0 atom stereocenters. The third kappa shape index (κ3) is 3.07. The van der Waals surface area contributed by atoms with E-state index >= 15 is 0 Å². The molecule has 1 aliphatic rings. The number of carbonyl (C=O) groups is 1. The van der Waals surface area contributed by atoms with Gasteiger partial charge in [-0.15, -0.1) is 0 Å². The second-order valence-electron chi connectivity index (χ2n) is 4.66. The van der Waals surface area contributed by atoms with E-state index in [0.29, 0.717) is 5.02 Å². The molecule has 98 valence electrons. The molecule has 1 saturated heterocycles. The van der Waals surface area contributed by atoms with Crippen LogP contribution >= 0.6 is 11.6 Å². The van der Waals surface area contributed by atoms with E-state index in [-0.39, 0.29) is 11.9 Å². The smallest absolute Gasteiger partial charge is 0.217 e. The monoisotopic (exact) mass is 267 g/mol. The maximum Gasteiger partial charge on any atom is 0.217 e. The first-order valence-electron chi connectivity index (χ1n) is 6.13. The molecule has 1 aromatic rings. The summed E-state index contributed by atoms with van der Waals surface area (Å²) in [4.78, 5) is 13.2. The number of nitrogens with one attached hydrogen (secondary N) is 1. The molecule has 1 amide bonds. The van der Waals surface area contributed by atoms with E-state index in [1.807, 2.05) is 12.1 Å². The maximum atomic E-state index is 11.0. The van der Waals surface area contributed by atoms with Crippen molar-refractivity contribution in [3.05, 3.63) is 23.2 Å². The van der Waals surface area contributed by atoms with Crippen LogP contribution in [0, 0.1) is 0 Å². The molecule has 0 aliphatic carbocycles. The normalized spacial score (nSPS) is 16.7. The molecule has 0 spiro atoms. The topological polar surface area (TPSA) is 58.4 Å². The number of nitrogen functional groups attached to an aromatic ring is 1. The highest BCUT2D eigenvalue weighted by Crippen LogP contribution is 2.29. The average molecular weight is 268 g/mol. The summed E-state index contributed by atoms with van der Waals surface area (Å²) in [5.74, 6) is 0.0377. The van der Waals surface area contributed by atoms with Gasteiger partial charge in [0.05, 0.1) is 11.4 Å². The summed E-state index contributed by atoms with van der Waals surface area (Å²) in [7, 11) is 0. The van der Waals surface area contributed by atoms with Crippen molar-refractivity contribution < 1.29 is 4.79 Å². The third-order valence-electron chi connectivity index (χ3n) is 3.24. The van der Waals surface area contributed by atoms with Crippen molar-refractivity contribution in [3.8, 4) is 0 Å². The van der Waals surface area contributed by atoms with Gasteiger partial charge in [0.2, 0.25) is 5.91 Å². The molecule has 18 heavy (non-hydrogen) atoms. The lowest BCUT2D eigenvalue weighted by atomic mass is 10.0. The number of hydrogen-bond donors (Lipinski definition) is 2. The number of benzene rings is 1. The van der Waals surface area contributed by atoms with Crippen LogP contribution in [0.1, 0.15) is 19.8 Å². The van der Waals surface area contributed by atoms with Crippen molar-refractivity contribution in [3.63, 3.8) is 0 Å². The Morgan fingerprint density at radius 2 is 2.11 bits per heavy atom. The number of piperidine rings is 1. The summed E-state index contributed by atoms with van der Waals surface area (Å²) in [5, 5.41) is 3.65. The Labute approximate surface area is 112 Å². The minimum Gasteiger partial charge on any atom is -0.397 e. The first-order chi connectivity index (χ1) is 8.56. The molecule has 5 heteroatoms. The Morgan fingerprint density at radius 3 is 2.72 bits per heavy atom. The SMILES string of the molecule is CC(=O)NC1CCN(c2cc(Cl)ccc2N)CC1. The van der Waals surface area contributed by atoms with E-state index in [9.17, 15) is 4.79 Å². The summed E-state index contributed by atoms with van der Waals surface area (Å²) in [6, 6.07) is 5.80. The lowest BCUT2D eigenvalue weighted by molar-refractivity contribution is -0.119. The zero-order valence-electron chi connectivity index (χ0n) is 10.4. The number of anilines is 2. The first kappa shape index (κ1) is 13.0. The predicted molar refractivity (Wildman–Crippen MR) is 74.9 cm³/mol. The maximum absolute atomic E-state index is 11.0. The van der Waals surface area contributed by atoms with Crippen LogP contribution in [-0.4, -0.2) is 25.0 Å². The van der Waals surface area contributed by atoms with Crippen molar-refractivity contribution in [2.45, 2.75) is 25.8 Å². The highest BCUT2D eigenvalue weighted by atomic mass is 35.5. The molecule has 0 bridgehead atoms. The average Bonchev–Trinajstić information content (AvgIpc) is 2.33. The van der Waals surface area contributed by atoms with E-state index in [4.69, 9.17) is 17.3 Å². The van der Waals surface area contributed by atoms with Crippen molar-refractivity contribution in [1.82, 2.24) is 5.32 Å². The molecule has 0 unspecified atom stereocenters. The summed E-state index contributed by atoms with van der Waals surface area (Å²) in [6.45, 7) is 3.33. The van der Waals surface area contributed by atoms with Crippen molar-refractivity contribution in [2.24, 2.45) is 0 Å². The highest BCUT2D eigenvalue weighted by molar-refractivity contribution is 6.31. The number of halogens is 1. The summed E-state index contributed by atoms with van der Waals surface area (Å²) in [5.41, 5.74) is 7.70. The molecule has 1 fully saturated rings. The zero-order chi connectivity index (χ0) is 13.1. The highest BCUT2D eigenvalue weighted by Gasteiger charge is 2.21. The van der Waals surface area contributed by atoms with E-state index in [0.717, 1.165) is 37.3 Å². The molecule has 1 heterocycles. The van der Waals surface area contributed by atoms with Gasteiger partial charge in [0.15, 0.2) is 0 Å². The van der Waals surface area contributed by atoms with Crippen LogP contribution in [0.25, 0.3) is 0 Å². The van der Waals surface area contributed by atoms with Crippen molar-refractivity contribution in [1.29, 1.82) is 0 Å². The van der Waals surface area contributed by atoms with Gasteiger partial charge in [-0.25, -0.2) is 0 Å². The Balaban J connectivity index is 2.01. The number of nitrogens with zero attached hydrogens (tertiary/aromatic N) is 1. The summed E-state index contributed by atoms with van der Waals surface area (Å²) >= 11 is 5.99. The fourth-order valence-corrected chi connectivity index (χ4v) is 2.51. The fraction of sp³-hybridized carbons (Fsp3) is 0.462. The largest absolute Gasteiger partial charge is 0.397 e. The molecule has 0 radical (unpaired) electrons. The standard InChI is InChI=1S/C13H18ClN3O/c1-9(18)16-11-4-6-17(7-5-11)13-8-10(14)2-3-12(13)15/h2-3,8,11H,4-7,15H2,1H3,(H,16,18). The lowest BCUT2D eigenvalue weighted by Gasteiger charge is -2.34. The fourth-order valence-electron chi connectivity index (χ4n) is 2.34. The summed E-state index contributed by atoms with van der Waals surface area (Å²) in [6.07, 6.45) is 1.87. The minimum atomic E-state index is 0.0377. The number of rotatable bonds is 2. The van der Waals surface area contributed by atoms with Gasteiger partial charge in [-0.2, -0.15) is 0 Å². The summed E-state index contributed by atoms with van der Waals surface area (Å²) < 4.78 is 0. The van der Waals surface area contributed by atoms with Crippen LogP contribution < -0.4 is 16.0 Å². The minimum absolute atomic E-state index is 0.0377. The van der Waals surface area contributed by atoms with Crippen LogP contribution in [-0.2, 0) is 4.79 Å². The van der Waals surface area contributed by atoms with Crippen LogP contribution in [0.5, 0.6) is 0 Å². The Kier molecular flexibility index (Phi) is 3.97. The quantitative estimate of drug-likeness (QED) is 0.806. The molecule has 3 N–H and O–H groups in total. The second-order valence-corrected chi connectivity index (χ2v) is 5.10. The molecule has 0 saturated carbocycles. The Morgan fingerprint density at radius 1 is 1.44 bits per heavy atom. The van der Waals surface area contributed by atoms with Gasteiger partial charge in [0.1, 0.15) is 0 Å². The lowest BCUT2D eigenvalue weighted by Crippen LogP contribution is -2.44. The van der Waals surface area contributed by atoms with Crippen molar-refractivity contribution >= 4 is 28.9 Å². The molecule has 1 aliphatic heterocycles. The van der Waals surface area contributed by atoms with Gasteiger partial charge in [0, 0.05) is 31.1 Å². The van der Waals surface area contributed by atoms with Crippen LogP contribution in [0.15, 0.2) is 18.2 Å². The number of hydrogen-bond acceptors (Lipinski definition) is 3. The molecular weight excluding hydrogens is 250 g/mol. The van der Waals surface area contributed by atoms with Gasteiger partial charge in [-0.1, -0.05) is 11.6 Å². The Bertz CT molecular complexity index is 442. The predicted octanol–water partition coefficient (Wildman–Crippen LogP) is 2.03. The van der Waals surface area contributed by atoms with Crippen LogP contribution in [0.4, 0.5) is 11.4 Å². The number of amides is 1. The first-order valence-corrected chi connectivity index (χ1v) is 6.51. The third-order valence-corrected chi connectivity index (χ3v) is 3.47. The van der Waals surface area contributed by atoms with Gasteiger partial charge in [-0.3, -0.25) is 4.79 Å². The van der Waals surface area contributed by atoms with Gasteiger partial charge >= 0.3 is 0 Å². The van der Waals surface area contributed by atoms with E-state index in [2.05, 4.69) is 10.2 Å². The van der Waals surface area contributed by atoms with E-state index < -0.39 is 0 Å². The molecule has 4 nitrogen and oxygen atoms in total. The van der Waals surface area contributed by atoms with Gasteiger partial charge in [0.25, 0.3) is 0 Å². The van der Waals surface area contributed by atoms with Crippen molar-refractivity contribution in [2.75, 3.05) is 23.7 Å². The molecule has 1 aromatic carbocycles. The molecular formula is C13H18ClN3O. The zero-order valence-corrected chi connectivity index (χ0v) is 11.2.